The van der Waals surface area contributed by atoms with E-state index in [0.29, 0.717) is 6.07 Å². The van der Waals surface area contributed by atoms with E-state index in [9.17, 15) is 17.2 Å². The molecule has 0 saturated carbocycles. The van der Waals surface area contributed by atoms with Gasteiger partial charge in [0.05, 0.1) is 11.9 Å². The van der Waals surface area contributed by atoms with Gasteiger partial charge >= 0.3 is 0 Å². The Morgan fingerprint density at radius 3 is 2.67 bits per heavy atom. The van der Waals surface area contributed by atoms with Crippen LogP contribution < -0.4 is 10.5 Å². The predicted molar refractivity (Wildman–Crippen MR) is 60.2 cm³/mol. The number of hydrogen-bond acceptors (Lipinski definition) is 4. The van der Waals surface area contributed by atoms with Gasteiger partial charge in [0, 0.05) is 11.9 Å². The number of nitrogens with zero attached hydrogens (tertiary/aromatic N) is 1. The summed E-state index contributed by atoms with van der Waals surface area (Å²) >= 11 is 0. The van der Waals surface area contributed by atoms with Crippen LogP contribution in [0.2, 0.25) is 0 Å². The van der Waals surface area contributed by atoms with Crippen LogP contribution in [-0.4, -0.2) is 18.6 Å². The molecular weight excluding hydrogens is 266 g/mol. The number of nitrogens with two attached hydrogens (primary N) is 1. The summed E-state index contributed by atoms with van der Waals surface area (Å²) in [6.45, 7) is 0. The van der Waals surface area contributed by atoms with Gasteiger partial charge in [-0.05, 0) is 12.1 Å². The van der Waals surface area contributed by atoms with Gasteiger partial charge < -0.3 is 5.73 Å². The average molecular weight is 274 g/mol. The van der Waals surface area contributed by atoms with E-state index >= 15 is 0 Å². The largest absolute Gasteiger partial charge is 0.399 e. The van der Waals surface area contributed by atoms with E-state index in [-0.39, 0.29) is 11.4 Å². The van der Waals surface area contributed by atoms with Gasteiger partial charge in [-0.25, -0.2) is 17.2 Å². The number of nitrogen functional groups attached to an aromatic ring is 1. The molecule has 1 aromatic carbocycles. The molecule has 0 aliphatic carbocycles. The number of rotatable bonds is 3. The predicted octanol–water partition coefficient (Wildman–Crippen LogP) is 1.07. The SMILES string of the molecule is Nc1cc(F)c(F)c(S(=O)(=O)Nc2cn[nH]c2)c1. The van der Waals surface area contributed by atoms with Gasteiger partial charge in [0.1, 0.15) is 4.90 Å². The van der Waals surface area contributed by atoms with Crippen molar-refractivity contribution in [1.82, 2.24) is 10.2 Å². The Morgan fingerprint density at radius 2 is 2.06 bits per heavy atom. The van der Waals surface area contributed by atoms with Crippen LogP contribution in [0.5, 0.6) is 0 Å². The Bertz CT molecular complexity index is 670. The molecule has 0 spiro atoms. The molecule has 1 heterocycles. The summed E-state index contributed by atoms with van der Waals surface area (Å²) in [6.07, 6.45) is 2.43. The van der Waals surface area contributed by atoms with E-state index in [0.717, 1.165) is 6.07 Å². The van der Waals surface area contributed by atoms with E-state index in [2.05, 4.69) is 10.2 Å². The Balaban J connectivity index is 2.48. The van der Waals surface area contributed by atoms with Crippen LogP contribution in [0.1, 0.15) is 0 Å². The van der Waals surface area contributed by atoms with Crippen LogP contribution in [0.25, 0.3) is 0 Å². The number of anilines is 2. The molecule has 1 aromatic heterocycles. The van der Waals surface area contributed by atoms with Gasteiger partial charge in [-0.3, -0.25) is 9.82 Å². The van der Waals surface area contributed by atoms with Crippen molar-refractivity contribution in [3.8, 4) is 0 Å². The van der Waals surface area contributed by atoms with Crippen LogP contribution in [0.15, 0.2) is 29.4 Å². The second kappa shape index (κ2) is 4.26. The maximum atomic E-state index is 13.4. The second-order valence-electron chi connectivity index (χ2n) is 3.41. The first-order valence-electron chi connectivity index (χ1n) is 4.66. The fourth-order valence-corrected chi connectivity index (χ4v) is 2.45. The number of sulfonamides is 1. The van der Waals surface area contributed by atoms with E-state index in [4.69, 9.17) is 5.73 Å². The molecule has 96 valence electrons. The van der Waals surface area contributed by atoms with Crippen LogP contribution >= 0.6 is 0 Å². The normalized spacial score (nSPS) is 11.4. The molecule has 0 aliphatic heterocycles. The maximum Gasteiger partial charge on any atom is 0.265 e. The summed E-state index contributed by atoms with van der Waals surface area (Å²) in [5.74, 6) is -2.82. The molecule has 0 radical (unpaired) electrons. The highest BCUT2D eigenvalue weighted by molar-refractivity contribution is 7.92. The Labute approximate surface area is 101 Å². The van der Waals surface area contributed by atoms with E-state index in [1.165, 1.54) is 12.4 Å². The van der Waals surface area contributed by atoms with Crippen molar-refractivity contribution in [2.24, 2.45) is 0 Å². The first-order valence-corrected chi connectivity index (χ1v) is 6.14. The topological polar surface area (TPSA) is 101 Å². The van der Waals surface area contributed by atoms with Crippen LogP contribution in [-0.2, 0) is 10.0 Å². The smallest absolute Gasteiger partial charge is 0.265 e. The van der Waals surface area contributed by atoms with Crippen molar-refractivity contribution in [3.63, 3.8) is 0 Å². The molecule has 18 heavy (non-hydrogen) atoms. The molecule has 0 saturated heterocycles. The molecule has 9 heteroatoms. The summed E-state index contributed by atoms with van der Waals surface area (Å²) in [5, 5.41) is 5.88. The molecule has 0 fully saturated rings. The molecule has 6 nitrogen and oxygen atoms in total. The molecular formula is C9H8F2N4O2S. The van der Waals surface area contributed by atoms with Crippen molar-refractivity contribution < 1.29 is 17.2 Å². The Hall–Kier alpha value is -2.16. The highest BCUT2D eigenvalue weighted by atomic mass is 32.2. The highest BCUT2D eigenvalue weighted by Crippen LogP contribution is 2.23. The lowest BCUT2D eigenvalue weighted by molar-refractivity contribution is 0.486. The maximum absolute atomic E-state index is 13.4. The minimum Gasteiger partial charge on any atom is -0.399 e. The molecule has 0 atom stereocenters. The fourth-order valence-electron chi connectivity index (χ4n) is 1.30. The zero-order valence-electron chi connectivity index (χ0n) is 8.81. The van der Waals surface area contributed by atoms with Crippen LogP contribution in [0, 0.1) is 11.6 Å². The third-order valence-corrected chi connectivity index (χ3v) is 3.44. The van der Waals surface area contributed by atoms with Crippen molar-refractivity contribution >= 4 is 21.4 Å². The van der Waals surface area contributed by atoms with Crippen molar-refractivity contribution in [1.29, 1.82) is 0 Å². The van der Waals surface area contributed by atoms with Gasteiger partial charge in [0.15, 0.2) is 11.6 Å². The number of benzene rings is 1. The van der Waals surface area contributed by atoms with Crippen LogP contribution in [0.4, 0.5) is 20.2 Å². The lowest BCUT2D eigenvalue weighted by Gasteiger charge is -2.08. The van der Waals surface area contributed by atoms with Gasteiger partial charge in [-0.1, -0.05) is 0 Å². The van der Waals surface area contributed by atoms with E-state index < -0.39 is 26.6 Å². The Morgan fingerprint density at radius 1 is 1.33 bits per heavy atom. The first-order chi connectivity index (χ1) is 8.40. The summed E-state index contributed by atoms with van der Waals surface area (Å²) in [6, 6.07) is 1.53. The number of aromatic amines is 1. The van der Waals surface area contributed by atoms with E-state index in [1.54, 1.807) is 0 Å². The minimum atomic E-state index is -4.26. The minimum absolute atomic E-state index is 0.0947. The molecule has 4 N–H and O–H groups in total. The molecule has 0 aliphatic rings. The lowest BCUT2D eigenvalue weighted by atomic mass is 10.3. The van der Waals surface area contributed by atoms with Crippen molar-refractivity contribution in [3.05, 3.63) is 36.2 Å². The summed E-state index contributed by atoms with van der Waals surface area (Å²) < 4.78 is 52.2. The summed E-state index contributed by atoms with van der Waals surface area (Å²) in [7, 11) is -4.26. The Kier molecular flexibility index (Phi) is 2.91. The van der Waals surface area contributed by atoms with Gasteiger partial charge in [0.2, 0.25) is 0 Å². The summed E-state index contributed by atoms with van der Waals surface area (Å²) in [5.41, 5.74) is 5.18. The van der Waals surface area contributed by atoms with Crippen molar-refractivity contribution in [2.45, 2.75) is 4.90 Å². The number of nitrogens with one attached hydrogen (secondary N) is 2. The zero-order valence-corrected chi connectivity index (χ0v) is 9.63. The number of H-pyrrole nitrogens is 1. The average Bonchev–Trinajstić information content (AvgIpc) is 2.75. The lowest BCUT2D eigenvalue weighted by Crippen LogP contribution is -2.15. The monoisotopic (exact) mass is 274 g/mol. The number of aromatic nitrogens is 2. The highest BCUT2D eigenvalue weighted by Gasteiger charge is 2.23. The molecule has 0 unspecified atom stereocenters. The number of hydrogen-bond donors (Lipinski definition) is 3. The van der Waals surface area contributed by atoms with E-state index in [1.807, 2.05) is 4.72 Å². The van der Waals surface area contributed by atoms with Gasteiger partial charge in [-0.2, -0.15) is 5.10 Å². The van der Waals surface area contributed by atoms with Gasteiger partial charge in [-0.15, -0.1) is 0 Å². The quantitative estimate of drug-likeness (QED) is 0.729. The summed E-state index contributed by atoms with van der Waals surface area (Å²) in [4.78, 5) is -0.860. The standard InChI is InChI=1S/C9H8F2N4O2S/c10-7-1-5(12)2-8(9(7)11)18(16,17)15-6-3-13-14-4-6/h1-4,15H,12H2,(H,13,14). The van der Waals surface area contributed by atoms with Crippen LogP contribution in [0.3, 0.4) is 0 Å². The fraction of sp³-hybridized carbons (Fsp3) is 0. The molecule has 0 bridgehead atoms. The number of halogens is 2. The molecule has 2 aromatic rings. The molecule has 0 amide bonds. The molecule has 2 rings (SSSR count). The third kappa shape index (κ3) is 2.25. The zero-order chi connectivity index (χ0) is 13.3. The second-order valence-corrected chi connectivity index (χ2v) is 5.06. The van der Waals surface area contributed by atoms with Crippen molar-refractivity contribution in [2.75, 3.05) is 10.5 Å². The third-order valence-electron chi connectivity index (χ3n) is 2.06. The first kappa shape index (κ1) is 12.3. The van der Waals surface area contributed by atoms with Gasteiger partial charge in [0.25, 0.3) is 10.0 Å².